The molecule has 0 saturated carbocycles. The molecule has 6 nitrogen and oxygen atoms in total. The zero-order valence-electron chi connectivity index (χ0n) is 17.8. The molecule has 0 unspecified atom stereocenters. The minimum Gasteiger partial charge on any atom is -0.394 e. The summed E-state index contributed by atoms with van der Waals surface area (Å²) in [5, 5.41) is 8.53. The van der Waals surface area contributed by atoms with Gasteiger partial charge in [-0.3, -0.25) is 0 Å². The fourth-order valence-corrected chi connectivity index (χ4v) is 2.51. The van der Waals surface area contributed by atoms with Crippen LogP contribution in [0, 0.1) is 5.92 Å². The SMILES string of the molecule is CC(C)CCCCCCCCOCCOCCOCCOCCOCCO. The van der Waals surface area contributed by atoms with Gasteiger partial charge in [-0.15, -0.1) is 0 Å². The van der Waals surface area contributed by atoms with E-state index in [4.69, 9.17) is 28.8 Å². The molecule has 0 saturated heterocycles. The van der Waals surface area contributed by atoms with E-state index in [-0.39, 0.29) is 6.61 Å². The quantitative estimate of drug-likeness (QED) is 0.269. The first-order valence-electron chi connectivity index (χ1n) is 10.8. The van der Waals surface area contributed by atoms with Crippen LogP contribution in [0.2, 0.25) is 0 Å². The van der Waals surface area contributed by atoms with Crippen LogP contribution in [0.3, 0.4) is 0 Å². The summed E-state index contributed by atoms with van der Waals surface area (Å²) in [6, 6.07) is 0. The third-order valence-corrected chi connectivity index (χ3v) is 4.04. The summed E-state index contributed by atoms with van der Waals surface area (Å²) in [5.41, 5.74) is 0. The predicted molar refractivity (Wildman–Crippen MR) is 108 cm³/mol. The van der Waals surface area contributed by atoms with Crippen LogP contribution in [0.5, 0.6) is 0 Å². The van der Waals surface area contributed by atoms with Gasteiger partial charge in [0.05, 0.1) is 66.1 Å². The molecule has 0 aliphatic carbocycles. The minimum atomic E-state index is 0.0484. The van der Waals surface area contributed by atoms with Crippen LogP contribution in [-0.4, -0.2) is 77.8 Å². The van der Waals surface area contributed by atoms with Crippen LogP contribution in [0.4, 0.5) is 0 Å². The van der Waals surface area contributed by atoms with Crippen molar-refractivity contribution in [1.29, 1.82) is 0 Å². The number of hydrogen-bond acceptors (Lipinski definition) is 6. The van der Waals surface area contributed by atoms with E-state index in [0.29, 0.717) is 59.5 Å². The van der Waals surface area contributed by atoms with Crippen LogP contribution in [0.1, 0.15) is 58.8 Å². The Kier molecular flexibility index (Phi) is 23.6. The summed E-state index contributed by atoms with van der Waals surface area (Å²) >= 11 is 0. The molecule has 0 radical (unpaired) electrons. The van der Waals surface area contributed by atoms with E-state index in [1.54, 1.807) is 0 Å². The molecule has 0 aromatic heterocycles. The van der Waals surface area contributed by atoms with Gasteiger partial charge in [-0.25, -0.2) is 0 Å². The van der Waals surface area contributed by atoms with Crippen LogP contribution in [0.15, 0.2) is 0 Å². The van der Waals surface area contributed by atoms with Gasteiger partial charge >= 0.3 is 0 Å². The molecule has 0 atom stereocenters. The summed E-state index contributed by atoms with van der Waals surface area (Å²) in [5.74, 6) is 0.843. The molecule has 0 aliphatic rings. The Morgan fingerprint density at radius 3 is 1.30 bits per heavy atom. The van der Waals surface area contributed by atoms with Crippen molar-refractivity contribution < 1.29 is 28.8 Å². The van der Waals surface area contributed by atoms with Gasteiger partial charge in [0.25, 0.3) is 0 Å². The van der Waals surface area contributed by atoms with Gasteiger partial charge < -0.3 is 28.8 Å². The van der Waals surface area contributed by atoms with Crippen LogP contribution < -0.4 is 0 Å². The second-order valence-electron chi connectivity index (χ2n) is 7.09. The summed E-state index contributed by atoms with van der Waals surface area (Å²) in [6.45, 7) is 10.4. The lowest BCUT2D eigenvalue weighted by Crippen LogP contribution is -2.13. The Hall–Kier alpha value is -0.240. The molecule has 6 heteroatoms. The highest BCUT2D eigenvalue weighted by atomic mass is 16.6. The second-order valence-corrected chi connectivity index (χ2v) is 7.09. The third-order valence-electron chi connectivity index (χ3n) is 4.04. The van der Waals surface area contributed by atoms with Crippen molar-refractivity contribution in [2.75, 3.05) is 72.7 Å². The second kappa shape index (κ2) is 23.8. The number of aliphatic hydroxyl groups excluding tert-OH is 1. The molecule has 27 heavy (non-hydrogen) atoms. The lowest BCUT2D eigenvalue weighted by molar-refractivity contribution is -0.0134. The Morgan fingerprint density at radius 2 is 0.852 bits per heavy atom. The Bertz CT molecular complexity index is 263. The summed E-state index contributed by atoms with van der Waals surface area (Å²) in [6.07, 6.45) is 9.23. The molecular weight excluding hydrogens is 348 g/mol. The number of aliphatic hydroxyl groups is 1. The van der Waals surface area contributed by atoms with Crippen molar-refractivity contribution in [3.8, 4) is 0 Å². The highest BCUT2D eigenvalue weighted by Crippen LogP contribution is 2.11. The number of rotatable bonds is 23. The molecule has 0 bridgehead atoms. The molecular formula is C21H44O6. The monoisotopic (exact) mass is 392 g/mol. The molecule has 0 spiro atoms. The average Bonchev–Trinajstić information content (AvgIpc) is 2.65. The number of ether oxygens (including phenoxy) is 5. The van der Waals surface area contributed by atoms with Gasteiger partial charge in [0.1, 0.15) is 0 Å². The first-order valence-corrected chi connectivity index (χ1v) is 10.8. The van der Waals surface area contributed by atoms with Crippen LogP contribution in [-0.2, 0) is 23.7 Å². The molecule has 0 aliphatic heterocycles. The highest BCUT2D eigenvalue weighted by molar-refractivity contribution is 4.49. The zero-order valence-corrected chi connectivity index (χ0v) is 17.8. The molecule has 0 rings (SSSR count). The largest absolute Gasteiger partial charge is 0.394 e. The fourth-order valence-electron chi connectivity index (χ4n) is 2.51. The van der Waals surface area contributed by atoms with Crippen LogP contribution in [0.25, 0.3) is 0 Å². The number of hydrogen-bond donors (Lipinski definition) is 1. The van der Waals surface area contributed by atoms with E-state index in [0.717, 1.165) is 18.9 Å². The highest BCUT2D eigenvalue weighted by Gasteiger charge is 1.96. The van der Waals surface area contributed by atoms with E-state index in [1.165, 1.54) is 38.5 Å². The van der Waals surface area contributed by atoms with E-state index < -0.39 is 0 Å². The van der Waals surface area contributed by atoms with E-state index >= 15 is 0 Å². The van der Waals surface area contributed by atoms with Crippen molar-refractivity contribution in [3.05, 3.63) is 0 Å². The molecule has 1 N–H and O–H groups in total. The average molecular weight is 393 g/mol. The van der Waals surface area contributed by atoms with E-state index in [2.05, 4.69) is 13.8 Å². The van der Waals surface area contributed by atoms with E-state index in [9.17, 15) is 0 Å². The van der Waals surface area contributed by atoms with Gasteiger partial charge in [0.2, 0.25) is 0 Å². The van der Waals surface area contributed by atoms with Crippen molar-refractivity contribution in [3.63, 3.8) is 0 Å². The Balaban J connectivity index is 2.97. The molecule has 0 amide bonds. The smallest absolute Gasteiger partial charge is 0.0701 e. The Morgan fingerprint density at radius 1 is 0.481 bits per heavy atom. The first-order chi connectivity index (χ1) is 13.3. The topological polar surface area (TPSA) is 66.4 Å². The van der Waals surface area contributed by atoms with Gasteiger partial charge in [-0.1, -0.05) is 52.4 Å². The van der Waals surface area contributed by atoms with Gasteiger partial charge in [-0.05, 0) is 12.3 Å². The molecule has 164 valence electrons. The molecule has 0 heterocycles. The van der Waals surface area contributed by atoms with Gasteiger partial charge in [-0.2, -0.15) is 0 Å². The summed E-state index contributed by atoms with van der Waals surface area (Å²) < 4.78 is 26.8. The molecule has 0 fully saturated rings. The van der Waals surface area contributed by atoms with Gasteiger partial charge in [0, 0.05) is 6.61 Å². The standard InChI is InChI=1S/C21H44O6/c1-21(2)9-7-5-3-4-6-8-11-23-13-15-25-17-19-27-20-18-26-16-14-24-12-10-22/h21-22H,3-20H2,1-2H3. The fraction of sp³-hybridized carbons (Fsp3) is 1.00. The van der Waals surface area contributed by atoms with Crippen molar-refractivity contribution in [1.82, 2.24) is 0 Å². The van der Waals surface area contributed by atoms with Crippen LogP contribution >= 0.6 is 0 Å². The first kappa shape index (κ1) is 26.8. The van der Waals surface area contributed by atoms with Crippen molar-refractivity contribution >= 4 is 0 Å². The summed E-state index contributed by atoms with van der Waals surface area (Å²) in [4.78, 5) is 0. The lowest BCUT2D eigenvalue weighted by Gasteiger charge is -2.08. The third kappa shape index (κ3) is 25.8. The van der Waals surface area contributed by atoms with Crippen molar-refractivity contribution in [2.45, 2.75) is 58.8 Å². The minimum absolute atomic E-state index is 0.0484. The maximum absolute atomic E-state index is 8.53. The molecule has 0 aromatic carbocycles. The lowest BCUT2D eigenvalue weighted by atomic mass is 10.0. The normalized spacial score (nSPS) is 11.6. The van der Waals surface area contributed by atoms with Gasteiger partial charge in [0.15, 0.2) is 0 Å². The van der Waals surface area contributed by atoms with Crippen molar-refractivity contribution in [2.24, 2.45) is 5.92 Å². The number of unbranched alkanes of at least 4 members (excludes halogenated alkanes) is 5. The zero-order chi connectivity index (χ0) is 19.8. The predicted octanol–water partition coefficient (Wildman–Crippen LogP) is 3.45. The summed E-state index contributed by atoms with van der Waals surface area (Å²) in [7, 11) is 0. The molecule has 0 aromatic rings. The van der Waals surface area contributed by atoms with E-state index in [1.807, 2.05) is 0 Å². The Labute approximate surface area is 166 Å². The maximum atomic E-state index is 8.53. The maximum Gasteiger partial charge on any atom is 0.0701 e.